The van der Waals surface area contributed by atoms with E-state index in [9.17, 15) is 4.79 Å². The Morgan fingerprint density at radius 3 is 2.95 bits per heavy atom. The van der Waals surface area contributed by atoms with Gasteiger partial charge in [-0.3, -0.25) is 4.79 Å². The largest absolute Gasteiger partial charge is 0.360 e. The molecule has 7 heteroatoms. The SMILES string of the molecule is Cc1nc(-c2csc(C(=O)c3c[nH]c4ccccc34)n2)no1. The third-order valence-corrected chi connectivity index (χ3v) is 4.13. The molecule has 0 spiro atoms. The van der Waals surface area contributed by atoms with Crippen LogP contribution in [0.5, 0.6) is 0 Å². The van der Waals surface area contributed by atoms with E-state index in [0.29, 0.717) is 28.0 Å². The van der Waals surface area contributed by atoms with E-state index in [1.807, 2.05) is 24.3 Å². The van der Waals surface area contributed by atoms with Crippen molar-refractivity contribution in [2.75, 3.05) is 0 Å². The molecule has 0 saturated heterocycles. The Hall–Kier alpha value is -2.80. The Labute approximate surface area is 128 Å². The number of hydrogen-bond donors (Lipinski definition) is 1. The van der Waals surface area contributed by atoms with Crippen LogP contribution in [0, 0.1) is 6.92 Å². The second-order valence-electron chi connectivity index (χ2n) is 4.75. The summed E-state index contributed by atoms with van der Waals surface area (Å²) < 4.78 is 4.93. The van der Waals surface area contributed by atoms with Gasteiger partial charge in [0.05, 0.1) is 5.56 Å². The topological polar surface area (TPSA) is 84.7 Å². The monoisotopic (exact) mass is 310 g/mol. The molecule has 1 N–H and O–H groups in total. The first-order chi connectivity index (χ1) is 10.7. The van der Waals surface area contributed by atoms with Crippen LogP contribution in [0.2, 0.25) is 0 Å². The quantitative estimate of drug-likeness (QED) is 0.587. The molecule has 0 bridgehead atoms. The Balaban J connectivity index is 1.73. The molecule has 1 aromatic carbocycles. The summed E-state index contributed by atoms with van der Waals surface area (Å²) in [4.78, 5) is 24.2. The highest BCUT2D eigenvalue weighted by Gasteiger charge is 2.19. The fraction of sp³-hybridized carbons (Fsp3) is 0.0667. The van der Waals surface area contributed by atoms with Crippen molar-refractivity contribution in [2.45, 2.75) is 6.92 Å². The van der Waals surface area contributed by atoms with Gasteiger partial charge in [-0.15, -0.1) is 11.3 Å². The van der Waals surface area contributed by atoms with Crippen LogP contribution in [0.25, 0.3) is 22.4 Å². The Morgan fingerprint density at radius 1 is 1.27 bits per heavy atom. The maximum absolute atomic E-state index is 12.6. The number of thiazole rings is 1. The predicted molar refractivity (Wildman–Crippen MR) is 81.9 cm³/mol. The lowest BCUT2D eigenvalue weighted by Gasteiger charge is -1.94. The molecule has 4 aromatic rings. The summed E-state index contributed by atoms with van der Waals surface area (Å²) in [5.74, 6) is 0.744. The summed E-state index contributed by atoms with van der Waals surface area (Å²) >= 11 is 1.27. The van der Waals surface area contributed by atoms with Crippen molar-refractivity contribution in [1.82, 2.24) is 20.1 Å². The first-order valence-corrected chi connectivity index (χ1v) is 7.47. The number of H-pyrrole nitrogens is 1. The first-order valence-electron chi connectivity index (χ1n) is 6.59. The summed E-state index contributed by atoms with van der Waals surface area (Å²) in [6, 6.07) is 7.67. The molecule has 0 radical (unpaired) electrons. The van der Waals surface area contributed by atoms with Crippen molar-refractivity contribution in [3.05, 3.63) is 52.3 Å². The van der Waals surface area contributed by atoms with Crippen molar-refractivity contribution in [3.63, 3.8) is 0 Å². The predicted octanol–water partition coefficient (Wildman–Crippen LogP) is 3.21. The minimum absolute atomic E-state index is 0.117. The van der Waals surface area contributed by atoms with Crippen molar-refractivity contribution in [3.8, 4) is 11.5 Å². The van der Waals surface area contributed by atoms with Crippen molar-refractivity contribution in [2.24, 2.45) is 0 Å². The Bertz CT molecular complexity index is 982. The van der Waals surface area contributed by atoms with Gasteiger partial charge in [-0.05, 0) is 6.07 Å². The number of hydrogen-bond acceptors (Lipinski definition) is 6. The van der Waals surface area contributed by atoms with E-state index >= 15 is 0 Å². The van der Waals surface area contributed by atoms with E-state index in [1.54, 1.807) is 18.5 Å². The van der Waals surface area contributed by atoms with Crippen molar-refractivity contribution >= 4 is 28.0 Å². The van der Waals surface area contributed by atoms with Crippen LogP contribution in [-0.4, -0.2) is 25.9 Å². The number of para-hydroxylation sites is 1. The molecular formula is C15H10N4O2S. The van der Waals surface area contributed by atoms with Gasteiger partial charge in [0, 0.05) is 29.4 Å². The summed E-state index contributed by atoms with van der Waals surface area (Å²) in [6.07, 6.45) is 1.71. The molecule has 0 atom stereocenters. The van der Waals surface area contributed by atoms with Gasteiger partial charge in [0.15, 0.2) is 5.01 Å². The van der Waals surface area contributed by atoms with Crippen molar-refractivity contribution < 1.29 is 9.32 Å². The number of fused-ring (bicyclic) bond motifs is 1. The van der Waals surface area contributed by atoms with Crippen LogP contribution >= 0.6 is 11.3 Å². The van der Waals surface area contributed by atoms with E-state index in [0.717, 1.165) is 10.9 Å². The van der Waals surface area contributed by atoms with Crippen LogP contribution in [0.4, 0.5) is 0 Å². The molecule has 0 aliphatic carbocycles. The van der Waals surface area contributed by atoms with Crippen molar-refractivity contribution in [1.29, 1.82) is 0 Å². The van der Waals surface area contributed by atoms with E-state index in [-0.39, 0.29) is 5.78 Å². The van der Waals surface area contributed by atoms with Gasteiger partial charge < -0.3 is 9.51 Å². The average molecular weight is 310 g/mol. The minimum Gasteiger partial charge on any atom is -0.360 e. The minimum atomic E-state index is -0.117. The number of ketones is 1. The molecule has 0 unspecified atom stereocenters. The third kappa shape index (κ3) is 2.03. The second-order valence-corrected chi connectivity index (χ2v) is 5.61. The van der Waals surface area contributed by atoms with Gasteiger partial charge in [0.1, 0.15) is 5.69 Å². The lowest BCUT2D eigenvalue weighted by atomic mass is 10.1. The standard InChI is InChI=1S/C15H10N4O2S/c1-8-17-14(19-21-8)12-7-22-15(18-12)13(20)10-6-16-11-5-3-2-4-9(10)11/h2-7,16H,1H3. The maximum atomic E-state index is 12.6. The van der Waals surface area contributed by atoms with E-state index in [2.05, 4.69) is 20.1 Å². The number of carbonyl (C=O) groups excluding carboxylic acids is 1. The molecule has 0 aliphatic rings. The number of rotatable bonds is 3. The summed E-state index contributed by atoms with van der Waals surface area (Å²) in [5, 5.41) is 6.86. The fourth-order valence-electron chi connectivity index (χ4n) is 2.26. The van der Waals surface area contributed by atoms with E-state index in [4.69, 9.17) is 4.52 Å². The molecule has 0 amide bonds. The lowest BCUT2D eigenvalue weighted by Crippen LogP contribution is -1.99. The summed E-state index contributed by atoms with van der Waals surface area (Å²) in [7, 11) is 0. The van der Waals surface area contributed by atoms with Crippen LogP contribution in [0.1, 0.15) is 21.3 Å². The number of nitrogens with one attached hydrogen (secondary N) is 1. The Kier molecular flexibility index (Phi) is 2.87. The van der Waals surface area contributed by atoms with Gasteiger partial charge in [0.25, 0.3) is 0 Å². The zero-order chi connectivity index (χ0) is 15.1. The fourth-order valence-corrected chi connectivity index (χ4v) is 3.01. The summed E-state index contributed by atoms with van der Waals surface area (Å²) in [5.41, 5.74) is 2.09. The number of nitrogens with zero attached hydrogens (tertiary/aromatic N) is 3. The molecule has 3 heterocycles. The van der Waals surface area contributed by atoms with Gasteiger partial charge >= 0.3 is 0 Å². The smallest absolute Gasteiger partial charge is 0.223 e. The number of carbonyl (C=O) groups is 1. The number of aromatic nitrogens is 4. The van der Waals surface area contributed by atoms with Gasteiger partial charge in [-0.2, -0.15) is 4.98 Å². The Morgan fingerprint density at radius 2 is 2.14 bits per heavy atom. The molecule has 6 nitrogen and oxygen atoms in total. The average Bonchev–Trinajstić information content (AvgIpc) is 3.25. The molecule has 0 aliphatic heterocycles. The highest BCUT2D eigenvalue weighted by atomic mass is 32.1. The van der Waals surface area contributed by atoms with E-state index in [1.165, 1.54) is 11.3 Å². The molecule has 0 saturated carbocycles. The molecule has 22 heavy (non-hydrogen) atoms. The van der Waals surface area contributed by atoms with Gasteiger partial charge in [-0.1, -0.05) is 23.4 Å². The van der Waals surface area contributed by atoms with Gasteiger partial charge in [-0.25, -0.2) is 4.98 Å². The highest BCUT2D eigenvalue weighted by Crippen LogP contribution is 2.25. The molecule has 0 fully saturated rings. The maximum Gasteiger partial charge on any atom is 0.223 e. The molecule has 108 valence electrons. The van der Waals surface area contributed by atoms with Crippen LogP contribution in [0.15, 0.2) is 40.4 Å². The normalized spacial score (nSPS) is 11.1. The zero-order valence-corrected chi connectivity index (χ0v) is 12.3. The first kappa shape index (κ1) is 12.9. The highest BCUT2D eigenvalue weighted by molar-refractivity contribution is 7.12. The second kappa shape index (κ2) is 4.88. The third-order valence-electron chi connectivity index (χ3n) is 3.29. The lowest BCUT2D eigenvalue weighted by molar-refractivity contribution is 0.104. The van der Waals surface area contributed by atoms with E-state index < -0.39 is 0 Å². The molecule has 4 rings (SSSR count). The molecular weight excluding hydrogens is 300 g/mol. The van der Waals surface area contributed by atoms with Crippen LogP contribution in [0.3, 0.4) is 0 Å². The number of benzene rings is 1. The molecule has 3 aromatic heterocycles. The number of aromatic amines is 1. The number of aryl methyl sites for hydroxylation is 1. The van der Waals surface area contributed by atoms with Crippen LogP contribution in [-0.2, 0) is 0 Å². The zero-order valence-electron chi connectivity index (χ0n) is 11.5. The van der Waals surface area contributed by atoms with Crippen LogP contribution < -0.4 is 0 Å². The summed E-state index contributed by atoms with van der Waals surface area (Å²) in [6.45, 7) is 1.71. The van der Waals surface area contributed by atoms with Gasteiger partial charge in [0.2, 0.25) is 17.5 Å².